The van der Waals surface area contributed by atoms with Crippen LogP contribution in [0.5, 0.6) is 0 Å². The lowest BCUT2D eigenvalue weighted by atomic mass is 10.0. The van der Waals surface area contributed by atoms with Crippen molar-refractivity contribution >= 4 is 33.2 Å². The van der Waals surface area contributed by atoms with E-state index in [1.165, 1.54) is 24.3 Å². The third-order valence-corrected chi connectivity index (χ3v) is 6.83. The minimum Gasteiger partial charge on any atom is -0.321 e. The van der Waals surface area contributed by atoms with Gasteiger partial charge < -0.3 is 5.32 Å². The molecule has 2 aromatic carbocycles. The lowest BCUT2D eigenvalue weighted by Crippen LogP contribution is -2.30. The molecule has 1 aliphatic rings. The van der Waals surface area contributed by atoms with Crippen LogP contribution < -0.4 is 9.62 Å². The van der Waals surface area contributed by atoms with Gasteiger partial charge in [-0.1, -0.05) is 39.0 Å². The summed E-state index contributed by atoms with van der Waals surface area (Å²) >= 11 is 0. The molecular formula is C21H24N2O4S. The zero-order valence-electron chi connectivity index (χ0n) is 16.2. The highest BCUT2D eigenvalue weighted by molar-refractivity contribution is 7.94. The molecule has 28 heavy (non-hydrogen) atoms. The number of nitrogens with one attached hydrogen (secondary N) is 1. The number of sulfonamides is 1. The average Bonchev–Trinajstić information content (AvgIpc) is 2.88. The molecule has 0 aromatic heterocycles. The minimum atomic E-state index is -3.65. The summed E-state index contributed by atoms with van der Waals surface area (Å²) in [6.45, 7) is 5.67. The number of benzene rings is 2. The molecule has 1 unspecified atom stereocenters. The fourth-order valence-electron chi connectivity index (χ4n) is 3.42. The number of hydrogen-bond donors (Lipinski definition) is 1. The van der Waals surface area contributed by atoms with Crippen molar-refractivity contribution in [1.82, 2.24) is 0 Å². The van der Waals surface area contributed by atoms with Crippen LogP contribution in [0, 0.1) is 5.92 Å². The number of nitrogens with zero attached hydrogens (tertiary/aromatic N) is 1. The summed E-state index contributed by atoms with van der Waals surface area (Å²) in [5.41, 5.74) is 3.61. The Kier molecular flexibility index (Phi) is 5.56. The molecule has 1 fully saturated rings. The minimum absolute atomic E-state index is 0.193. The second-order valence-corrected chi connectivity index (χ2v) is 8.80. The number of anilines is 2. The molecular weight excluding hydrogens is 376 g/mol. The number of rotatable bonds is 5. The van der Waals surface area contributed by atoms with Crippen LogP contribution in [0.15, 0.2) is 42.5 Å². The zero-order valence-corrected chi connectivity index (χ0v) is 17.0. The maximum absolute atomic E-state index is 12.7. The molecule has 148 valence electrons. The van der Waals surface area contributed by atoms with Gasteiger partial charge in [0.05, 0.1) is 17.4 Å². The smallest absolute Gasteiger partial charge is 0.255 e. The van der Waals surface area contributed by atoms with Crippen molar-refractivity contribution in [3.8, 4) is 0 Å². The van der Waals surface area contributed by atoms with Gasteiger partial charge in [-0.15, -0.1) is 0 Å². The van der Waals surface area contributed by atoms with Crippen LogP contribution in [0.2, 0.25) is 0 Å². The SMILES string of the molecule is CCc1cccc(CC)c1NC(=O)c1ccc(N2C(=O)C(C)CS2(=O)=O)cc1. The quantitative estimate of drug-likeness (QED) is 0.834. The fourth-order valence-corrected chi connectivity index (χ4v) is 5.24. The number of hydrogen-bond acceptors (Lipinski definition) is 4. The summed E-state index contributed by atoms with van der Waals surface area (Å²) in [5.74, 6) is -1.47. The summed E-state index contributed by atoms with van der Waals surface area (Å²) in [6.07, 6.45) is 1.60. The number of carbonyl (C=O) groups is 2. The highest BCUT2D eigenvalue weighted by atomic mass is 32.2. The molecule has 1 heterocycles. The van der Waals surface area contributed by atoms with Crippen molar-refractivity contribution in [3.05, 3.63) is 59.2 Å². The molecule has 0 spiro atoms. The van der Waals surface area contributed by atoms with Gasteiger partial charge in [0.25, 0.3) is 5.91 Å². The van der Waals surface area contributed by atoms with Gasteiger partial charge in [0.2, 0.25) is 15.9 Å². The highest BCUT2D eigenvalue weighted by Gasteiger charge is 2.41. The molecule has 1 aliphatic heterocycles. The van der Waals surface area contributed by atoms with E-state index in [2.05, 4.69) is 5.32 Å². The van der Waals surface area contributed by atoms with Crippen LogP contribution >= 0.6 is 0 Å². The average molecular weight is 401 g/mol. The first-order valence-corrected chi connectivity index (χ1v) is 11.0. The maximum atomic E-state index is 12.7. The van der Waals surface area contributed by atoms with Gasteiger partial charge >= 0.3 is 0 Å². The normalized spacial score (nSPS) is 18.3. The van der Waals surface area contributed by atoms with Crippen LogP contribution in [0.4, 0.5) is 11.4 Å². The summed E-state index contributed by atoms with van der Waals surface area (Å²) in [5, 5.41) is 2.98. The summed E-state index contributed by atoms with van der Waals surface area (Å²) in [7, 11) is -3.65. The lowest BCUT2D eigenvalue weighted by Gasteiger charge is -2.16. The standard InChI is InChI=1S/C21H24N2O4S/c1-4-15-7-6-8-16(5-2)19(15)22-20(24)17-9-11-18(12-10-17)23-21(25)14(3)13-28(23,26)27/h6-12,14H,4-5,13H2,1-3H3,(H,22,24). The summed E-state index contributed by atoms with van der Waals surface area (Å²) in [4.78, 5) is 24.9. The Balaban J connectivity index is 1.85. The van der Waals surface area contributed by atoms with E-state index >= 15 is 0 Å². The molecule has 2 amide bonds. The van der Waals surface area contributed by atoms with E-state index in [-0.39, 0.29) is 17.3 Å². The summed E-state index contributed by atoms with van der Waals surface area (Å²) < 4.78 is 25.3. The van der Waals surface area contributed by atoms with E-state index in [4.69, 9.17) is 0 Å². The largest absolute Gasteiger partial charge is 0.321 e. The second kappa shape index (κ2) is 7.75. The van der Waals surface area contributed by atoms with Gasteiger partial charge in [-0.25, -0.2) is 12.7 Å². The third kappa shape index (κ3) is 3.67. The van der Waals surface area contributed by atoms with E-state index in [0.29, 0.717) is 5.56 Å². The number of aryl methyl sites for hydroxylation is 2. The Labute approximate surface area is 165 Å². The van der Waals surface area contributed by atoms with E-state index in [0.717, 1.165) is 34.0 Å². The van der Waals surface area contributed by atoms with Crippen LogP contribution in [-0.2, 0) is 27.7 Å². The van der Waals surface area contributed by atoms with Gasteiger partial charge in [-0.3, -0.25) is 9.59 Å². The molecule has 1 N–H and O–H groups in total. The first-order chi connectivity index (χ1) is 13.3. The Bertz CT molecular complexity index is 991. The summed E-state index contributed by atoms with van der Waals surface area (Å²) in [6, 6.07) is 12.0. The molecule has 7 heteroatoms. The van der Waals surface area contributed by atoms with Gasteiger partial charge in [0, 0.05) is 11.3 Å². The number of carbonyl (C=O) groups excluding carboxylic acids is 2. The predicted octanol–water partition coefficient (Wildman–Crippen LogP) is 3.38. The molecule has 2 aromatic rings. The van der Waals surface area contributed by atoms with Crippen molar-refractivity contribution < 1.29 is 18.0 Å². The van der Waals surface area contributed by atoms with Crippen molar-refractivity contribution in [3.63, 3.8) is 0 Å². The second-order valence-electron chi connectivity index (χ2n) is 6.94. The number of amides is 2. The van der Waals surface area contributed by atoms with Gasteiger partial charge in [-0.05, 0) is 48.2 Å². The third-order valence-electron chi connectivity index (χ3n) is 4.96. The molecule has 0 radical (unpaired) electrons. The maximum Gasteiger partial charge on any atom is 0.255 e. The van der Waals surface area contributed by atoms with Crippen LogP contribution in [0.3, 0.4) is 0 Å². The fraction of sp³-hybridized carbons (Fsp3) is 0.333. The first kappa shape index (κ1) is 20.1. The van der Waals surface area contributed by atoms with E-state index in [9.17, 15) is 18.0 Å². The molecule has 0 aliphatic carbocycles. The van der Waals surface area contributed by atoms with E-state index < -0.39 is 21.8 Å². The van der Waals surface area contributed by atoms with E-state index in [1.54, 1.807) is 6.92 Å². The van der Waals surface area contributed by atoms with Gasteiger partial charge in [0.1, 0.15) is 0 Å². The van der Waals surface area contributed by atoms with Crippen molar-refractivity contribution in [2.45, 2.75) is 33.6 Å². The molecule has 6 nitrogen and oxygen atoms in total. The highest BCUT2D eigenvalue weighted by Crippen LogP contribution is 2.29. The van der Waals surface area contributed by atoms with E-state index in [1.807, 2.05) is 32.0 Å². The van der Waals surface area contributed by atoms with Crippen LogP contribution in [0.1, 0.15) is 42.3 Å². The van der Waals surface area contributed by atoms with Gasteiger partial charge in [-0.2, -0.15) is 0 Å². The Hall–Kier alpha value is -2.67. The topological polar surface area (TPSA) is 83.6 Å². The molecule has 1 atom stereocenters. The molecule has 0 saturated carbocycles. The monoisotopic (exact) mass is 400 g/mol. The lowest BCUT2D eigenvalue weighted by molar-refractivity contribution is -0.119. The zero-order chi connectivity index (χ0) is 20.5. The van der Waals surface area contributed by atoms with Crippen molar-refractivity contribution in [2.75, 3.05) is 15.4 Å². The Morgan fingerprint density at radius 2 is 1.64 bits per heavy atom. The van der Waals surface area contributed by atoms with Crippen molar-refractivity contribution in [2.24, 2.45) is 5.92 Å². The van der Waals surface area contributed by atoms with Crippen molar-refractivity contribution in [1.29, 1.82) is 0 Å². The molecule has 0 bridgehead atoms. The molecule has 1 saturated heterocycles. The Morgan fingerprint density at radius 3 is 2.11 bits per heavy atom. The van der Waals surface area contributed by atoms with Gasteiger partial charge in [0.15, 0.2) is 0 Å². The molecule has 3 rings (SSSR count). The first-order valence-electron chi connectivity index (χ1n) is 9.37. The van der Waals surface area contributed by atoms with Crippen LogP contribution in [-0.4, -0.2) is 26.0 Å². The Morgan fingerprint density at radius 1 is 1.07 bits per heavy atom. The number of para-hydroxylation sites is 1. The predicted molar refractivity (Wildman–Crippen MR) is 110 cm³/mol. The van der Waals surface area contributed by atoms with Crippen LogP contribution in [0.25, 0.3) is 0 Å².